The van der Waals surface area contributed by atoms with Crippen LogP contribution in [0.3, 0.4) is 0 Å². The van der Waals surface area contributed by atoms with Gasteiger partial charge >= 0.3 is 0 Å². The highest BCUT2D eigenvalue weighted by atomic mass is 16.5. The van der Waals surface area contributed by atoms with Gasteiger partial charge in [0.05, 0.1) is 31.0 Å². The Bertz CT molecular complexity index is 1570. The van der Waals surface area contributed by atoms with Crippen LogP contribution < -0.4 is 15.0 Å². The Morgan fingerprint density at radius 3 is 2.62 bits per heavy atom. The Morgan fingerprint density at radius 2 is 1.79 bits per heavy atom. The number of aryl methyl sites for hydroxylation is 1. The van der Waals surface area contributed by atoms with Gasteiger partial charge in [-0.25, -0.2) is 4.52 Å². The number of pyridine rings is 1. The molecule has 1 aliphatic rings. The summed E-state index contributed by atoms with van der Waals surface area (Å²) in [5.41, 5.74) is 5.21. The van der Waals surface area contributed by atoms with Crippen LogP contribution in [-0.2, 0) is 13.0 Å². The van der Waals surface area contributed by atoms with E-state index in [1.165, 1.54) is 0 Å². The van der Waals surface area contributed by atoms with Crippen molar-refractivity contribution in [2.24, 2.45) is 0 Å². The minimum Gasteiger partial charge on any atom is -0.490 e. The van der Waals surface area contributed by atoms with E-state index < -0.39 is 0 Å². The Balaban J connectivity index is 1.43. The zero-order chi connectivity index (χ0) is 23.1. The van der Waals surface area contributed by atoms with Gasteiger partial charge < -0.3 is 14.0 Å². The summed E-state index contributed by atoms with van der Waals surface area (Å²) in [4.78, 5) is 13.3. The molecular weight excluding hydrogens is 430 g/mol. The number of rotatable bonds is 4. The van der Waals surface area contributed by atoms with Gasteiger partial charge in [0.2, 0.25) is 0 Å². The Hall–Kier alpha value is -4.20. The monoisotopic (exact) mass is 453 g/mol. The zero-order valence-electron chi connectivity index (χ0n) is 18.8. The number of hydrogen-bond donors (Lipinski definition) is 0. The van der Waals surface area contributed by atoms with Crippen molar-refractivity contribution in [2.75, 3.05) is 13.2 Å². The molecule has 0 amide bonds. The molecule has 0 bridgehead atoms. The van der Waals surface area contributed by atoms with Crippen LogP contribution in [0.15, 0.2) is 65.6 Å². The molecule has 0 unspecified atom stereocenters. The zero-order valence-corrected chi connectivity index (χ0v) is 18.8. The quantitative estimate of drug-likeness (QED) is 0.411. The summed E-state index contributed by atoms with van der Waals surface area (Å²) in [5.74, 6) is 1.45. The standard InChI is InChI=1S/C26H23N5O3/c1-2-19-23(18-7-4-3-5-8-18)25-28-27-24-20(31(25)29-19)11-12-30(26(24)32)16-17-9-10-21-22(15-17)34-14-6-13-33-21/h3-5,7-12,15H,2,6,13-14,16H2,1H3. The van der Waals surface area contributed by atoms with Crippen LogP contribution in [0.1, 0.15) is 24.6 Å². The SMILES string of the molecule is CCc1nn2c(nnc3c(=O)n(Cc4ccc5c(c4)OCCCO5)ccc32)c1-c1ccccc1. The predicted molar refractivity (Wildman–Crippen MR) is 129 cm³/mol. The summed E-state index contributed by atoms with van der Waals surface area (Å²) >= 11 is 0. The molecule has 8 nitrogen and oxygen atoms in total. The van der Waals surface area contributed by atoms with E-state index in [2.05, 4.69) is 17.1 Å². The van der Waals surface area contributed by atoms with Gasteiger partial charge in [-0.15, -0.1) is 10.2 Å². The number of fused-ring (bicyclic) bond motifs is 4. The third kappa shape index (κ3) is 3.39. The lowest BCUT2D eigenvalue weighted by atomic mass is 10.0. The topological polar surface area (TPSA) is 83.5 Å². The molecule has 8 heteroatoms. The van der Waals surface area contributed by atoms with Gasteiger partial charge in [0.25, 0.3) is 5.56 Å². The van der Waals surface area contributed by atoms with E-state index in [-0.39, 0.29) is 11.1 Å². The highest BCUT2D eigenvalue weighted by Crippen LogP contribution is 2.31. The van der Waals surface area contributed by atoms with Gasteiger partial charge in [-0.1, -0.05) is 43.3 Å². The van der Waals surface area contributed by atoms with Crippen LogP contribution in [0.5, 0.6) is 11.5 Å². The first-order valence-corrected chi connectivity index (χ1v) is 11.4. The van der Waals surface area contributed by atoms with E-state index in [0.29, 0.717) is 36.7 Å². The molecule has 0 fully saturated rings. The lowest BCUT2D eigenvalue weighted by molar-refractivity contribution is 0.297. The predicted octanol–water partition coefficient (Wildman–Crippen LogP) is 3.88. The summed E-state index contributed by atoms with van der Waals surface area (Å²) in [5, 5.41) is 13.6. The van der Waals surface area contributed by atoms with Crippen molar-refractivity contribution in [3.8, 4) is 22.6 Å². The van der Waals surface area contributed by atoms with Crippen molar-refractivity contribution in [3.05, 3.63) is 82.4 Å². The van der Waals surface area contributed by atoms with Gasteiger partial charge in [-0.2, -0.15) is 5.10 Å². The maximum absolute atomic E-state index is 13.3. The second-order valence-electron chi connectivity index (χ2n) is 8.29. The van der Waals surface area contributed by atoms with Crippen molar-refractivity contribution >= 4 is 16.7 Å². The van der Waals surface area contributed by atoms with Crippen LogP contribution in [0.4, 0.5) is 0 Å². The van der Waals surface area contributed by atoms with E-state index in [4.69, 9.17) is 14.6 Å². The average molecular weight is 454 g/mol. The van der Waals surface area contributed by atoms with Gasteiger partial charge in [0.15, 0.2) is 22.7 Å². The van der Waals surface area contributed by atoms with Crippen molar-refractivity contribution in [3.63, 3.8) is 0 Å². The van der Waals surface area contributed by atoms with E-state index in [1.54, 1.807) is 15.3 Å². The summed E-state index contributed by atoms with van der Waals surface area (Å²) in [7, 11) is 0. The molecule has 0 radical (unpaired) electrons. The number of aromatic nitrogens is 5. The van der Waals surface area contributed by atoms with Gasteiger partial charge in [0.1, 0.15) is 5.52 Å². The maximum atomic E-state index is 13.3. The number of benzene rings is 2. The highest BCUT2D eigenvalue weighted by Gasteiger charge is 2.19. The minimum atomic E-state index is -0.214. The molecule has 0 spiro atoms. The minimum absolute atomic E-state index is 0.214. The molecule has 3 aromatic heterocycles. The fourth-order valence-corrected chi connectivity index (χ4v) is 4.40. The van der Waals surface area contributed by atoms with Crippen molar-refractivity contribution < 1.29 is 9.47 Å². The summed E-state index contributed by atoms with van der Waals surface area (Å²) in [6, 6.07) is 17.7. The van der Waals surface area contributed by atoms with E-state index >= 15 is 0 Å². The first-order valence-electron chi connectivity index (χ1n) is 11.4. The average Bonchev–Trinajstić information content (AvgIpc) is 3.10. The van der Waals surface area contributed by atoms with Crippen molar-refractivity contribution in [1.82, 2.24) is 24.4 Å². The second-order valence-corrected chi connectivity index (χ2v) is 8.29. The van der Waals surface area contributed by atoms with Crippen LogP contribution in [0.2, 0.25) is 0 Å². The van der Waals surface area contributed by atoms with Gasteiger partial charge in [-0.05, 0) is 35.7 Å². The van der Waals surface area contributed by atoms with Gasteiger partial charge in [-0.3, -0.25) is 4.79 Å². The lowest BCUT2D eigenvalue weighted by Crippen LogP contribution is -2.22. The third-order valence-corrected chi connectivity index (χ3v) is 6.09. The number of ether oxygens (including phenoxy) is 2. The number of nitrogens with zero attached hydrogens (tertiary/aromatic N) is 5. The smallest absolute Gasteiger partial charge is 0.280 e. The number of hydrogen-bond acceptors (Lipinski definition) is 6. The molecule has 2 aromatic carbocycles. The fourth-order valence-electron chi connectivity index (χ4n) is 4.40. The summed E-state index contributed by atoms with van der Waals surface area (Å²) in [6.07, 6.45) is 3.38. The molecule has 0 aliphatic carbocycles. The van der Waals surface area contributed by atoms with Crippen molar-refractivity contribution in [1.29, 1.82) is 0 Å². The van der Waals surface area contributed by atoms with E-state index in [1.807, 2.05) is 54.6 Å². The highest BCUT2D eigenvalue weighted by molar-refractivity contribution is 5.84. The molecule has 6 rings (SSSR count). The summed E-state index contributed by atoms with van der Waals surface area (Å²) < 4.78 is 14.9. The third-order valence-electron chi connectivity index (χ3n) is 6.09. The Kier molecular flexibility index (Phi) is 4.98. The molecule has 0 atom stereocenters. The molecule has 4 heterocycles. The lowest BCUT2D eigenvalue weighted by Gasteiger charge is -2.11. The molecule has 0 saturated heterocycles. The van der Waals surface area contributed by atoms with E-state index in [0.717, 1.165) is 41.0 Å². The molecule has 170 valence electrons. The molecule has 0 N–H and O–H groups in total. The second kappa shape index (κ2) is 8.30. The van der Waals surface area contributed by atoms with Gasteiger partial charge in [0, 0.05) is 12.6 Å². The first kappa shape index (κ1) is 20.4. The van der Waals surface area contributed by atoms with Crippen LogP contribution in [0.25, 0.3) is 27.8 Å². The Labute approximate surface area is 195 Å². The summed E-state index contributed by atoms with van der Waals surface area (Å²) in [6.45, 7) is 3.71. The van der Waals surface area contributed by atoms with E-state index in [9.17, 15) is 4.79 Å². The van der Waals surface area contributed by atoms with Crippen LogP contribution >= 0.6 is 0 Å². The fraction of sp³-hybridized carbons (Fsp3) is 0.231. The molecular formula is C26H23N5O3. The maximum Gasteiger partial charge on any atom is 0.280 e. The van der Waals surface area contributed by atoms with Crippen LogP contribution in [0, 0.1) is 0 Å². The van der Waals surface area contributed by atoms with Crippen LogP contribution in [-0.4, -0.2) is 37.6 Å². The Morgan fingerprint density at radius 1 is 0.971 bits per heavy atom. The normalized spacial score (nSPS) is 13.3. The first-order chi connectivity index (χ1) is 16.7. The van der Waals surface area contributed by atoms with Crippen molar-refractivity contribution in [2.45, 2.75) is 26.3 Å². The molecule has 5 aromatic rings. The molecule has 34 heavy (non-hydrogen) atoms. The molecule has 0 saturated carbocycles. The largest absolute Gasteiger partial charge is 0.490 e. The molecule has 1 aliphatic heterocycles.